The summed E-state index contributed by atoms with van der Waals surface area (Å²) < 4.78 is 10.3. The van der Waals surface area contributed by atoms with Gasteiger partial charge in [-0.1, -0.05) is 12.1 Å². The second-order valence-electron chi connectivity index (χ2n) is 3.72. The summed E-state index contributed by atoms with van der Waals surface area (Å²) in [5.74, 6) is 0.883. The van der Waals surface area contributed by atoms with Crippen molar-refractivity contribution in [2.24, 2.45) is 0 Å². The van der Waals surface area contributed by atoms with Crippen molar-refractivity contribution in [2.75, 3.05) is 27.0 Å². The van der Waals surface area contributed by atoms with Gasteiger partial charge < -0.3 is 14.4 Å². The summed E-state index contributed by atoms with van der Waals surface area (Å²) in [5, 5.41) is 0. The topological polar surface area (TPSA) is 38.8 Å². The number of nitrogens with zero attached hydrogens (tertiary/aromatic N) is 1. The van der Waals surface area contributed by atoms with Gasteiger partial charge in [-0.2, -0.15) is 0 Å². The zero-order chi connectivity index (χ0) is 11.4. The zero-order valence-electron chi connectivity index (χ0n) is 9.31. The Morgan fingerprint density at radius 1 is 1.56 bits per heavy atom. The SMILES string of the molecule is COc1cccc(CC(=O)N2CCOC2)c1. The Bertz CT molecular complexity index is 372. The lowest BCUT2D eigenvalue weighted by atomic mass is 10.1. The van der Waals surface area contributed by atoms with Crippen molar-refractivity contribution in [2.45, 2.75) is 6.42 Å². The molecule has 0 aromatic heterocycles. The van der Waals surface area contributed by atoms with Gasteiger partial charge in [0.1, 0.15) is 12.5 Å². The van der Waals surface area contributed by atoms with E-state index in [9.17, 15) is 4.79 Å². The molecule has 1 aliphatic heterocycles. The molecule has 1 aromatic rings. The van der Waals surface area contributed by atoms with Crippen LogP contribution in [0, 0.1) is 0 Å². The Kier molecular flexibility index (Phi) is 3.41. The Hall–Kier alpha value is -1.55. The minimum absolute atomic E-state index is 0.103. The van der Waals surface area contributed by atoms with Crippen LogP contribution >= 0.6 is 0 Å². The van der Waals surface area contributed by atoms with Crippen molar-refractivity contribution in [3.8, 4) is 5.75 Å². The van der Waals surface area contributed by atoms with Crippen molar-refractivity contribution in [1.82, 2.24) is 4.90 Å². The highest BCUT2D eigenvalue weighted by atomic mass is 16.5. The van der Waals surface area contributed by atoms with E-state index >= 15 is 0 Å². The molecule has 2 rings (SSSR count). The maximum Gasteiger partial charge on any atom is 0.228 e. The normalized spacial score (nSPS) is 15.2. The molecule has 0 aliphatic carbocycles. The van der Waals surface area contributed by atoms with Crippen molar-refractivity contribution >= 4 is 5.91 Å². The van der Waals surface area contributed by atoms with Gasteiger partial charge in [-0.3, -0.25) is 4.79 Å². The molecule has 86 valence electrons. The Labute approximate surface area is 94.8 Å². The molecule has 0 bridgehead atoms. The molecule has 1 aliphatic rings. The van der Waals surface area contributed by atoms with Crippen LogP contribution in [0.2, 0.25) is 0 Å². The first-order valence-corrected chi connectivity index (χ1v) is 5.28. The third-order valence-electron chi connectivity index (χ3n) is 2.59. The summed E-state index contributed by atoms with van der Waals surface area (Å²) in [6.45, 7) is 1.76. The Balaban J connectivity index is 1.99. The van der Waals surface area contributed by atoms with E-state index in [2.05, 4.69) is 0 Å². The fourth-order valence-electron chi connectivity index (χ4n) is 1.68. The first kappa shape index (κ1) is 11.0. The van der Waals surface area contributed by atoms with Crippen LogP contribution in [-0.2, 0) is 16.0 Å². The number of ether oxygens (including phenoxy) is 2. The molecular weight excluding hydrogens is 206 g/mol. The summed E-state index contributed by atoms with van der Waals surface area (Å²) in [6, 6.07) is 7.57. The molecule has 0 atom stereocenters. The number of hydrogen-bond acceptors (Lipinski definition) is 3. The Morgan fingerprint density at radius 2 is 2.44 bits per heavy atom. The highest BCUT2D eigenvalue weighted by molar-refractivity contribution is 5.78. The number of rotatable bonds is 3. The van der Waals surface area contributed by atoms with E-state index in [1.807, 2.05) is 24.3 Å². The molecule has 1 saturated heterocycles. The standard InChI is InChI=1S/C12H15NO3/c1-15-11-4-2-3-10(7-11)8-12(14)13-5-6-16-9-13/h2-4,7H,5-6,8-9H2,1H3. The molecule has 0 radical (unpaired) electrons. The third kappa shape index (κ3) is 2.52. The van der Waals surface area contributed by atoms with Gasteiger partial charge in [0.05, 0.1) is 20.1 Å². The first-order valence-electron chi connectivity index (χ1n) is 5.28. The fourth-order valence-corrected chi connectivity index (χ4v) is 1.68. The molecule has 0 N–H and O–H groups in total. The maximum absolute atomic E-state index is 11.8. The molecule has 1 aromatic carbocycles. The average molecular weight is 221 g/mol. The molecule has 4 nitrogen and oxygen atoms in total. The molecule has 1 heterocycles. The minimum Gasteiger partial charge on any atom is -0.497 e. The first-order chi connectivity index (χ1) is 7.79. The van der Waals surface area contributed by atoms with Crippen LogP contribution in [0.5, 0.6) is 5.75 Å². The molecule has 0 spiro atoms. The molecule has 1 fully saturated rings. The van der Waals surface area contributed by atoms with Crippen molar-refractivity contribution < 1.29 is 14.3 Å². The molecule has 16 heavy (non-hydrogen) atoms. The Morgan fingerprint density at radius 3 is 3.12 bits per heavy atom. The van der Waals surface area contributed by atoms with Gasteiger partial charge in [-0.25, -0.2) is 0 Å². The van der Waals surface area contributed by atoms with E-state index in [-0.39, 0.29) is 5.91 Å². The van der Waals surface area contributed by atoms with E-state index in [0.29, 0.717) is 26.3 Å². The molecule has 0 saturated carbocycles. The number of carbonyl (C=O) groups is 1. The quantitative estimate of drug-likeness (QED) is 0.766. The van der Waals surface area contributed by atoms with Gasteiger partial charge in [0.25, 0.3) is 0 Å². The average Bonchev–Trinajstić information content (AvgIpc) is 2.83. The van der Waals surface area contributed by atoms with Gasteiger partial charge in [-0.15, -0.1) is 0 Å². The maximum atomic E-state index is 11.8. The predicted octanol–water partition coefficient (Wildman–Crippen LogP) is 1.05. The number of carbonyl (C=O) groups excluding carboxylic acids is 1. The molecule has 0 unspecified atom stereocenters. The number of methoxy groups -OCH3 is 1. The van der Waals surface area contributed by atoms with Crippen LogP contribution in [0.1, 0.15) is 5.56 Å². The lowest BCUT2D eigenvalue weighted by Crippen LogP contribution is -2.29. The summed E-state index contributed by atoms with van der Waals surface area (Å²) >= 11 is 0. The van der Waals surface area contributed by atoms with Crippen LogP contribution in [0.4, 0.5) is 0 Å². The number of amides is 1. The van der Waals surface area contributed by atoms with Crippen molar-refractivity contribution in [3.05, 3.63) is 29.8 Å². The number of hydrogen-bond donors (Lipinski definition) is 0. The lowest BCUT2D eigenvalue weighted by molar-refractivity contribution is -0.130. The van der Waals surface area contributed by atoms with Gasteiger partial charge >= 0.3 is 0 Å². The van der Waals surface area contributed by atoms with E-state index in [1.54, 1.807) is 12.0 Å². The van der Waals surface area contributed by atoms with Crippen LogP contribution in [0.15, 0.2) is 24.3 Å². The lowest BCUT2D eigenvalue weighted by Gasteiger charge is -2.13. The second-order valence-corrected chi connectivity index (χ2v) is 3.72. The smallest absolute Gasteiger partial charge is 0.228 e. The molecule has 1 amide bonds. The second kappa shape index (κ2) is 4.99. The minimum atomic E-state index is 0.103. The van der Waals surface area contributed by atoms with Gasteiger partial charge in [-0.05, 0) is 17.7 Å². The van der Waals surface area contributed by atoms with Crippen molar-refractivity contribution in [3.63, 3.8) is 0 Å². The zero-order valence-corrected chi connectivity index (χ0v) is 9.31. The largest absolute Gasteiger partial charge is 0.497 e. The third-order valence-corrected chi connectivity index (χ3v) is 2.59. The van der Waals surface area contributed by atoms with Crippen LogP contribution in [0.3, 0.4) is 0 Å². The highest BCUT2D eigenvalue weighted by Gasteiger charge is 2.18. The van der Waals surface area contributed by atoms with Crippen molar-refractivity contribution in [1.29, 1.82) is 0 Å². The van der Waals surface area contributed by atoms with Crippen LogP contribution in [-0.4, -0.2) is 37.8 Å². The number of benzene rings is 1. The van der Waals surface area contributed by atoms with E-state index in [0.717, 1.165) is 11.3 Å². The summed E-state index contributed by atoms with van der Waals surface area (Å²) in [7, 11) is 1.62. The van der Waals surface area contributed by atoms with Gasteiger partial charge in [0.2, 0.25) is 5.91 Å². The summed E-state index contributed by atoms with van der Waals surface area (Å²) in [5.41, 5.74) is 0.969. The highest BCUT2D eigenvalue weighted by Crippen LogP contribution is 2.14. The monoisotopic (exact) mass is 221 g/mol. The van der Waals surface area contributed by atoms with E-state index in [4.69, 9.17) is 9.47 Å². The molecular formula is C12H15NO3. The van der Waals surface area contributed by atoms with Crippen LogP contribution in [0.25, 0.3) is 0 Å². The summed E-state index contributed by atoms with van der Waals surface area (Å²) in [6.07, 6.45) is 0.403. The predicted molar refractivity (Wildman–Crippen MR) is 59.2 cm³/mol. The summed E-state index contributed by atoms with van der Waals surface area (Å²) in [4.78, 5) is 13.5. The fraction of sp³-hybridized carbons (Fsp3) is 0.417. The van der Waals surface area contributed by atoms with E-state index < -0.39 is 0 Å². The van der Waals surface area contributed by atoms with Gasteiger partial charge in [0.15, 0.2) is 0 Å². The van der Waals surface area contributed by atoms with E-state index in [1.165, 1.54) is 0 Å². The molecule has 4 heteroatoms. The van der Waals surface area contributed by atoms with Gasteiger partial charge in [0, 0.05) is 6.54 Å². The van der Waals surface area contributed by atoms with Crippen LogP contribution < -0.4 is 4.74 Å².